The normalized spacial score (nSPS) is 16.4. The summed E-state index contributed by atoms with van der Waals surface area (Å²) < 4.78 is 69.8. The fraction of sp³-hybridized carbons (Fsp3) is 0.432. The Morgan fingerprint density at radius 1 is 0.511 bits per heavy atom. The van der Waals surface area contributed by atoms with Crippen molar-refractivity contribution < 1.29 is 76.0 Å². The smallest absolute Gasteiger partial charge is 0.330 e. The van der Waals surface area contributed by atoms with Gasteiger partial charge in [-0.1, -0.05) is 87.1 Å². The maximum absolute atomic E-state index is 13.6. The Morgan fingerprint density at radius 3 is 1.48 bits per heavy atom. The van der Waals surface area contributed by atoms with Crippen LogP contribution in [-0.4, -0.2) is 134 Å². The third-order valence-corrected chi connectivity index (χ3v) is 17.4. The Balaban J connectivity index is 0.733. The molecule has 500 valence electrons. The lowest BCUT2D eigenvalue weighted by atomic mass is 9.82. The first kappa shape index (κ1) is 69.9. The number of anilines is 1. The molecular weight excluding hydrogens is 1220 g/mol. The second kappa shape index (κ2) is 38.1. The van der Waals surface area contributed by atoms with E-state index in [-0.39, 0.29) is 62.0 Å². The van der Waals surface area contributed by atoms with Gasteiger partial charge in [0.2, 0.25) is 5.13 Å². The maximum Gasteiger partial charge on any atom is 0.330 e. The van der Waals surface area contributed by atoms with E-state index < -0.39 is 11.9 Å². The van der Waals surface area contributed by atoms with Gasteiger partial charge >= 0.3 is 23.9 Å². The highest BCUT2D eigenvalue weighted by atomic mass is 32.1. The monoisotopic (exact) mass is 1310 g/mol. The molecule has 0 radical (unpaired) electrons. The van der Waals surface area contributed by atoms with E-state index in [4.69, 9.17) is 66.9 Å². The van der Waals surface area contributed by atoms with Crippen LogP contribution in [0.1, 0.15) is 89.5 Å². The molecule has 2 fully saturated rings. The molecule has 0 aliphatic heterocycles. The molecule has 1 aromatic heterocycles. The van der Waals surface area contributed by atoms with Crippen LogP contribution >= 0.6 is 11.3 Å². The molecule has 6 aromatic carbocycles. The number of ether oxygens (including phenoxy) is 12. The number of thiazole rings is 1. The number of hydrogen-bond acceptors (Lipinski definition) is 20. The van der Waals surface area contributed by atoms with Crippen molar-refractivity contribution in [2.24, 2.45) is 28.8 Å². The van der Waals surface area contributed by atoms with E-state index in [9.17, 15) is 19.2 Å². The summed E-state index contributed by atoms with van der Waals surface area (Å²) in [4.78, 5) is 54.3. The Hall–Kier alpha value is -8.40. The zero-order chi connectivity index (χ0) is 65.5. The van der Waals surface area contributed by atoms with Crippen LogP contribution in [-0.2, 0) is 47.6 Å². The molecular formula is C74H87N3O16S. The van der Waals surface area contributed by atoms with Crippen molar-refractivity contribution in [1.29, 1.82) is 0 Å². The Kier molecular flexibility index (Phi) is 28.3. The average molecular weight is 1310 g/mol. The van der Waals surface area contributed by atoms with Gasteiger partial charge in [-0.15, -0.1) is 0 Å². The first-order chi connectivity index (χ1) is 46.1. The second-order valence-corrected chi connectivity index (χ2v) is 24.2. The van der Waals surface area contributed by atoms with Crippen LogP contribution in [0.4, 0.5) is 5.13 Å². The lowest BCUT2D eigenvalue weighted by molar-refractivity contribution is -0.141. The molecule has 0 bridgehead atoms. The molecule has 0 atom stereocenters. The van der Waals surface area contributed by atoms with Crippen molar-refractivity contribution in [2.75, 3.05) is 104 Å². The van der Waals surface area contributed by atoms with Gasteiger partial charge in [-0.2, -0.15) is 5.10 Å². The highest BCUT2D eigenvalue weighted by Crippen LogP contribution is 2.36. The standard InChI is InChI=1S/C74H87N3O16S/c1-4-7-8-11-32-77(74-76-67-12-9-10-13-69(67)94-74)75-50-61-49-64(90-51-53-14-18-55(19-15-53)72(80)92-65-28-24-57-45-62(26-22-59(57)47-65)86-41-37-82-33-35-84-39-43-88-70(78)5-2)30-31-68(61)91-52-54-16-20-56(21-17-54)73(81)93-66-29-25-58-46-63(27-23-60(58)48-66)87-42-38-83-34-36-85-40-44-89-71(79)6-3/h5-6,9-10,12-13,22-31,45-50,53-56H,2-4,7-8,11,14-21,32-44,51-52H2,1H3/b75-50+. The molecule has 0 amide bonds. The van der Waals surface area contributed by atoms with Gasteiger partial charge in [-0.3, -0.25) is 9.59 Å². The summed E-state index contributed by atoms with van der Waals surface area (Å²) in [6.45, 7) is 14.5. The van der Waals surface area contributed by atoms with Gasteiger partial charge in [-0.25, -0.2) is 19.6 Å². The number of aromatic nitrogens is 1. The molecule has 7 aromatic rings. The number of esters is 4. The van der Waals surface area contributed by atoms with E-state index in [0.29, 0.717) is 126 Å². The summed E-state index contributed by atoms with van der Waals surface area (Å²) in [6, 6.07) is 36.9. The van der Waals surface area contributed by atoms with Crippen molar-refractivity contribution in [2.45, 2.75) is 84.0 Å². The number of benzene rings is 6. The third-order valence-electron chi connectivity index (χ3n) is 16.4. The number of rotatable bonds is 40. The Labute approximate surface area is 554 Å². The van der Waals surface area contributed by atoms with E-state index in [0.717, 1.165) is 113 Å². The summed E-state index contributed by atoms with van der Waals surface area (Å²) in [5.74, 6) is 2.52. The van der Waals surface area contributed by atoms with Gasteiger partial charge in [0.25, 0.3) is 0 Å². The van der Waals surface area contributed by atoms with Gasteiger partial charge in [0.05, 0.1) is 94.3 Å². The second-order valence-electron chi connectivity index (χ2n) is 23.2. The van der Waals surface area contributed by atoms with Crippen molar-refractivity contribution in [3.05, 3.63) is 146 Å². The summed E-state index contributed by atoms with van der Waals surface area (Å²) in [5.41, 5.74) is 1.73. The summed E-state index contributed by atoms with van der Waals surface area (Å²) in [5, 5.41) is 11.7. The third kappa shape index (κ3) is 22.7. The fourth-order valence-electron chi connectivity index (χ4n) is 11.1. The number of carbonyl (C=O) groups is 4. The van der Waals surface area contributed by atoms with Crippen molar-refractivity contribution in [3.63, 3.8) is 0 Å². The van der Waals surface area contributed by atoms with E-state index >= 15 is 0 Å². The lowest BCUT2D eigenvalue weighted by Crippen LogP contribution is -2.28. The van der Waals surface area contributed by atoms with Crippen LogP contribution in [0.25, 0.3) is 31.8 Å². The van der Waals surface area contributed by atoms with Gasteiger partial charge in [0, 0.05) is 24.3 Å². The predicted molar refractivity (Wildman–Crippen MR) is 363 cm³/mol. The quantitative estimate of drug-likeness (QED) is 0.00873. The minimum absolute atomic E-state index is 0.163. The number of hydrogen-bond donors (Lipinski definition) is 0. The SMILES string of the molecule is C=CC(=O)OCCOCCOCCOc1ccc2cc(OC(=O)C3CCC(COc4ccc(OCC5CCC(C(=O)Oc6ccc7cc(OCCOCCOCCOC(=O)C=C)ccc7c6)CC5)c(/C=N/N(CCCCCC)c5nc6ccccc6s5)c4)CC3)ccc2c1. The molecule has 20 heteroatoms. The van der Waals surface area contributed by atoms with Gasteiger partial charge in [-0.05, 0) is 170 Å². The highest BCUT2D eigenvalue weighted by molar-refractivity contribution is 7.22. The van der Waals surface area contributed by atoms with Gasteiger partial charge in [0.1, 0.15) is 60.9 Å². The highest BCUT2D eigenvalue weighted by Gasteiger charge is 2.30. The van der Waals surface area contributed by atoms with Crippen LogP contribution in [0.2, 0.25) is 0 Å². The van der Waals surface area contributed by atoms with Crippen LogP contribution in [0.5, 0.6) is 34.5 Å². The number of para-hydroxylation sites is 1. The molecule has 2 aliphatic carbocycles. The van der Waals surface area contributed by atoms with Crippen LogP contribution in [0.15, 0.2) is 146 Å². The minimum atomic E-state index is -0.479. The van der Waals surface area contributed by atoms with Gasteiger partial charge < -0.3 is 56.8 Å². The molecule has 2 saturated carbocycles. The zero-order valence-corrected chi connectivity index (χ0v) is 54.6. The van der Waals surface area contributed by atoms with E-state index in [1.54, 1.807) is 11.3 Å². The summed E-state index contributed by atoms with van der Waals surface area (Å²) in [7, 11) is 0. The summed E-state index contributed by atoms with van der Waals surface area (Å²) in [6.07, 6.45) is 14.6. The Bertz CT molecular complexity index is 3560. The number of unbranched alkanes of at least 4 members (excludes halogenated alkanes) is 3. The molecule has 0 unspecified atom stereocenters. The number of hydrazone groups is 1. The van der Waals surface area contributed by atoms with Crippen LogP contribution in [0, 0.1) is 23.7 Å². The lowest BCUT2D eigenvalue weighted by Gasteiger charge is -2.28. The topological polar surface area (TPSA) is 208 Å². The van der Waals surface area contributed by atoms with E-state index in [1.807, 2.05) is 120 Å². The predicted octanol–water partition coefficient (Wildman–Crippen LogP) is 13.9. The molecule has 0 N–H and O–H groups in total. The van der Waals surface area contributed by atoms with Crippen molar-refractivity contribution >= 4 is 78.3 Å². The number of carbonyl (C=O) groups excluding carboxylic acids is 4. The van der Waals surface area contributed by atoms with Crippen LogP contribution in [0.3, 0.4) is 0 Å². The molecule has 19 nitrogen and oxygen atoms in total. The van der Waals surface area contributed by atoms with Crippen LogP contribution < -0.4 is 33.4 Å². The molecule has 1 heterocycles. The molecule has 0 saturated heterocycles. The summed E-state index contributed by atoms with van der Waals surface area (Å²) >= 11 is 1.63. The average Bonchev–Trinajstić information content (AvgIpc) is 1.43. The van der Waals surface area contributed by atoms with Gasteiger partial charge in [0.15, 0.2) is 0 Å². The zero-order valence-electron chi connectivity index (χ0n) is 53.8. The van der Waals surface area contributed by atoms with Crippen molar-refractivity contribution in [3.8, 4) is 34.5 Å². The first-order valence-electron chi connectivity index (χ1n) is 32.8. The molecule has 94 heavy (non-hydrogen) atoms. The first-order valence-corrected chi connectivity index (χ1v) is 33.6. The largest absolute Gasteiger partial charge is 0.493 e. The molecule has 2 aliphatic rings. The number of nitrogens with zero attached hydrogens (tertiary/aromatic N) is 3. The fourth-order valence-corrected chi connectivity index (χ4v) is 12.1. The van der Waals surface area contributed by atoms with Crippen molar-refractivity contribution in [1.82, 2.24) is 4.98 Å². The maximum atomic E-state index is 13.6. The van der Waals surface area contributed by atoms with E-state index in [1.165, 1.54) is 0 Å². The minimum Gasteiger partial charge on any atom is -0.493 e. The molecule has 0 spiro atoms. The molecule has 9 rings (SSSR count). The van der Waals surface area contributed by atoms with E-state index in [2.05, 4.69) is 26.1 Å². The number of fused-ring (bicyclic) bond motifs is 3. The Morgan fingerprint density at radius 2 is 0.968 bits per heavy atom.